The first-order valence-electron chi connectivity index (χ1n) is 6.05. The Bertz CT molecular complexity index is 525. The van der Waals surface area contributed by atoms with Crippen molar-refractivity contribution in [3.05, 3.63) is 23.8 Å². The van der Waals surface area contributed by atoms with Gasteiger partial charge in [-0.1, -0.05) is 0 Å². The van der Waals surface area contributed by atoms with Crippen molar-refractivity contribution in [2.75, 3.05) is 14.2 Å². The van der Waals surface area contributed by atoms with Gasteiger partial charge in [-0.15, -0.1) is 0 Å². The lowest BCUT2D eigenvalue weighted by Gasteiger charge is -2.19. The lowest BCUT2D eigenvalue weighted by Crippen LogP contribution is -2.33. The van der Waals surface area contributed by atoms with Crippen LogP contribution < -0.4 is 14.2 Å². The number of hydrogen-bond donors (Lipinski definition) is 1. The fourth-order valence-electron chi connectivity index (χ4n) is 1.62. The summed E-state index contributed by atoms with van der Waals surface area (Å²) in [5, 5.41) is -0.480. The average molecular weight is 287 g/mol. The first kappa shape index (κ1) is 15.8. The van der Waals surface area contributed by atoms with E-state index in [1.807, 2.05) is 0 Å². The molecule has 1 rings (SSSR count). The van der Waals surface area contributed by atoms with Crippen LogP contribution >= 0.6 is 0 Å². The van der Waals surface area contributed by atoms with Gasteiger partial charge in [0.15, 0.2) is 0 Å². The van der Waals surface area contributed by atoms with Gasteiger partial charge in [0, 0.05) is 11.6 Å². The Morgan fingerprint density at radius 3 is 2.21 bits per heavy atom. The number of rotatable bonds is 6. The fourth-order valence-corrected chi connectivity index (χ4v) is 2.52. The third-order valence-electron chi connectivity index (χ3n) is 2.87. The van der Waals surface area contributed by atoms with Crippen LogP contribution in [-0.2, 0) is 10.0 Å². The highest BCUT2D eigenvalue weighted by atomic mass is 32.2. The minimum absolute atomic E-state index is 0.391. The molecule has 0 aromatic heterocycles. The van der Waals surface area contributed by atoms with Gasteiger partial charge < -0.3 is 9.47 Å². The number of benzene rings is 1. The highest BCUT2D eigenvalue weighted by Crippen LogP contribution is 2.29. The molecule has 108 valence electrons. The van der Waals surface area contributed by atoms with Crippen molar-refractivity contribution in [3.63, 3.8) is 0 Å². The Balaban J connectivity index is 3.08. The van der Waals surface area contributed by atoms with Gasteiger partial charge in [-0.25, -0.2) is 13.1 Å². The van der Waals surface area contributed by atoms with E-state index in [1.54, 1.807) is 53.2 Å². The zero-order valence-corrected chi connectivity index (χ0v) is 12.7. The summed E-state index contributed by atoms with van der Waals surface area (Å²) < 4.78 is 36.8. The number of methoxy groups -OCH3 is 2. The molecule has 1 unspecified atom stereocenters. The van der Waals surface area contributed by atoms with E-state index in [9.17, 15) is 8.42 Å². The highest BCUT2D eigenvalue weighted by Gasteiger charge is 2.21. The molecule has 1 aromatic rings. The quantitative estimate of drug-likeness (QED) is 0.870. The molecule has 1 N–H and O–H groups in total. The monoisotopic (exact) mass is 287 g/mol. The predicted molar refractivity (Wildman–Crippen MR) is 75.2 cm³/mol. The molecule has 0 amide bonds. The molecule has 0 spiro atoms. The number of sulfonamides is 1. The average Bonchev–Trinajstić information content (AvgIpc) is 2.37. The Morgan fingerprint density at radius 2 is 1.74 bits per heavy atom. The van der Waals surface area contributed by atoms with Crippen LogP contribution in [0.3, 0.4) is 0 Å². The van der Waals surface area contributed by atoms with E-state index in [0.29, 0.717) is 11.5 Å². The van der Waals surface area contributed by atoms with E-state index in [1.165, 1.54) is 0 Å². The van der Waals surface area contributed by atoms with Crippen molar-refractivity contribution in [1.29, 1.82) is 0 Å². The third kappa shape index (κ3) is 3.84. The summed E-state index contributed by atoms with van der Waals surface area (Å²) in [6.07, 6.45) is 0. The van der Waals surface area contributed by atoms with Crippen LogP contribution in [0.2, 0.25) is 0 Å². The number of ether oxygens (including phenoxy) is 2. The second-order valence-electron chi connectivity index (χ2n) is 4.54. The Kier molecular flexibility index (Phi) is 5.20. The van der Waals surface area contributed by atoms with Gasteiger partial charge in [0.2, 0.25) is 10.0 Å². The van der Waals surface area contributed by atoms with Gasteiger partial charge in [0.1, 0.15) is 11.5 Å². The first-order chi connectivity index (χ1) is 8.81. The van der Waals surface area contributed by atoms with Crippen molar-refractivity contribution in [1.82, 2.24) is 4.72 Å². The van der Waals surface area contributed by atoms with E-state index in [0.717, 1.165) is 5.56 Å². The number of hydrogen-bond acceptors (Lipinski definition) is 4. The van der Waals surface area contributed by atoms with Crippen LogP contribution in [0.4, 0.5) is 0 Å². The summed E-state index contributed by atoms with van der Waals surface area (Å²) in [6, 6.07) is 4.91. The number of nitrogens with one attached hydrogen (secondary N) is 1. The maximum absolute atomic E-state index is 11.9. The van der Waals surface area contributed by atoms with E-state index in [-0.39, 0.29) is 0 Å². The molecular formula is C13H21NO4S. The van der Waals surface area contributed by atoms with Crippen LogP contribution in [0, 0.1) is 0 Å². The molecule has 1 atom stereocenters. The lowest BCUT2D eigenvalue weighted by atomic mass is 10.1. The minimum atomic E-state index is -3.34. The summed E-state index contributed by atoms with van der Waals surface area (Å²) in [7, 11) is -0.222. The van der Waals surface area contributed by atoms with Gasteiger partial charge in [-0.05, 0) is 39.0 Å². The van der Waals surface area contributed by atoms with Crippen molar-refractivity contribution < 1.29 is 17.9 Å². The third-order valence-corrected chi connectivity index (χ3v) is 4.79. The predicted octanol–water partition coefficient (Wildman–Crippen LogP) is 2.09. The maximum Gasteiger partial charge on any atom is 0.214 e. The molecule has 0 aliphatic heterocycles. The summed E-state index contributed by atoms with van der Waals surface area (Å²) in [4.78, 5) is 0. The van der Waals surface area contributed by atoms with Gasteiger partial charge in [-0.3, -0.25) is 0 Å². The zero-order valence-electron chi connectivity index (χ0n) is 11.9. The molecule has 0 heterocycles. The first-order valence-corrected chi connectivity index (χ1v) is 7.59. The smallest absolute Gasteiger partial charge is 0.214 e. The maximum atomic E-state index is 11.9. The summed E-state index contributed by atoms with van der Waals surface area (Å²) >= 11 is 0. The van der Waals surface area contributed by atoms with Crippen molar-refractivity contribution in [3.8, 4) is 11.5 Å². The minimum Gasteiger partial charge on any atom is -0.497 e. The molecule has 0 saturated heterocycles. The van der Waals surface area contributed by atoms with Gasteiger partial charge in [-0.2, -0.15) is 0 Å². The molecule has 0 aliphatic carbocycles. The highest BCUT2D eigenvalue weighted by molar-refractivity contribution is 7.90. The summed E-state index contributed by atoms with van der Waals surface area (Å²) in [5.74, 6) is 1.28. The molecule has 1 aromatic carbocycles. The Labute approximate surface area is 115 Å². The molecule has 0 saturated carbocycles. The topological polar surface area (TPSA) is 64.6 Å². The zero-order chi connectivity index (χ0) is 14.6. The van der Waals surface area contributed by atoms with Crippen LogP contribution in [0.25, 0.3) is 0 Å². The van der Waals surface area contributed by atoms with E-state index >= 15 is 0 Å². The van der Waals surface area contributed by atoms with Gasteiger partial charge in [0.25, 0.3) is 0 Å². The largest absolute Gasteiger partial charge is 0.497 e. The van der Waals surface area contributed by atoms with Crippen LogP contribution in [0.15, 0.2) is 18.2 Å². The molecule has 0 bridgehead atoms. The molecule has 19 heavy (non-hydrogen) atoms. The van der Waals surface area contributed by atoms with Crippen molar-refractivity contribution in [2.24, 2.45) is 0 Å². The Hall–Kier alpha value is -1.27. The van der Waals surface area contributed by atoms with Crippen LogP contribution in [0.5, 0.6) is 11.5 Å². The molecule has 5 nitrogen and oxygen atoms in total. The normalized spacial score (nSPS) is 13.4. The molecule has 0 aliphatic rings. The standard InChI is InChI=1S/C13H21NO4S/c1-9(2)19(15,16)14-10(3)12-8-11(17-4)6-7-13(12)18-5/h6-10,14H,1-5H3. The molecule has 0 radical (unpaired) electrons. The second kappa shape index (κ2) is 6.25. The summed E-state index contributed by atoms with van der Waals surface area (Å²) in [6.45, 7) is 5.05. The molecule has 6 heteroatoms. The van der Waals surface area contributed by atoms with Crippen LogP contribution in [0.1, 0.15) is 32.4 Å². The molecular weight excluding hydrogens is 266 g/mol. The van der Waals surface area contributed by atoms with Crippen molar-refractivity contribution >= 4 is 10.0 Å². The molecule has 0 fully saturated rings. The van der Waals surface area contributed by atoms with Crippen LogP contribution in [-0.4, -0.2) is 27.9 Å². The SMILES string of the molecule is COc1ccc(OC)c(C(C)NS(=O)(=O)C(C)C)c1. The van der Waals surface area contributed by atoms with Crippen molar-refractivity contribution in [2.45, 2.75) is 32.1 Å². The lowest BCUT2D eigenvalue weighted by molar-refractivity contribution is 0.395. The Morgan fingerprint density at radius 1 is 1.11 bits per heavy atom. The van der Waals surface area contributed by atoms with Gasteiger partial charge >= 0.3 is 0 Å². The summed E-state index contributed by atoms with van der Waals surface area (Å²) in [5.41, 5.74) is 0.742. The second-order valence-corrected chi connectivity index (χ2v) is 6.81. The van der Waals surface area contributed by atoms with E-state index in [4.69, 9.17) is 9.47 Å². The van der Waals surface area contributed by atoms with E-state index in [2.05, 4.69) is 4.72 Å². The van der Waals surface area contributed by atoms with E-state index < -0.39 is 21.3 Å². The van der Waals surface area contributed by atoms with Gasteiger partial charge in [0.05, 0.1) is 19.5 Å². The fraction of sp³-hybridized carbons (Fsp3) is 0.538.